The van der Waals surface area contributed by atoms with E-state index in [4.69, 9.17) is 16.3 Å². The fourth-order valence-corrected chi connectivity index (χ4v) is 4.80. The van der Waals surface area contributed by atoms with E-state index in [1.165, 1.54) is 12.1 Å². The van der Waals surface area contributed by atoms with Crippen LogP contribution < -0.4 is 39.4 Å². The summed E-state index contributed by atoms with van der Waals surface area (Å²) < 4.78 is 19.2. The first-order chi connectivity index (χ1) is 15.8. The van der Waals surface area contributed by atoms with Gasteiger partial charge in [-0.25, -0.2) is 4.39 Å². The average molecular weight is 501 g/mol. The third-order valence-corrected chi connectivity index (χ3v) is 6.36. The van der Waals surface area contributed by atoms with Gasteiger partial charge in [0.15, 0.2) is 0 Å². The van der Waals surface area contributed by atoms with Crippen LogP contribution in [0.4, 0.5) is 4.39 Å². The van der Waals surface area contributed by atoms with Crippen molar-refractivity contribution >= 4 is 17.6 Å². The zero-order chi connectivity index (χ0) is 23.8. The number of carboxylic acids is 1. The fourth-order valence-electron chi connectivity index (χ4n) is 4.55. The molecular weight excluding hydrogens is 470 g/mol. The first-order valence-corrected chi connectivity index (χ1v) is 11.9. The second-order valence-electron chi connectivity index (χ2n) is 8.88. The van der Waals surface area contributed by atoms with Gasteiger partial charge in [-0.3, -0.25) is 0 Å². The SMILES string of the molecule is O=C([O-])C[C@H](O)C[C@H](O)COc1c(CCCc2ccc(F)cc2)cc(Cl)cc1C1CCCC1.[Na+]. The van der Waals surface area contributed by atoms with Gasteiger partial charge in [-0.15, -0.1) is 0 Å². The van der Waals surface area contributed by atoms with E-state index in [0.717, 1.165) is 61.0 Å². The monoisotopic (exact) mass is 500 g/mol. The Kier molecular flexibility index (Phi) is 12.3. The molecular formula is C26H31ClFNaO5. The van der Waals surface area contributed by atoms with Crippen molar-refractivity contribution in [3.8, 4) is 5.75 Å². The third-order valence-electron chi connectivity index (χ3n) is 6.15. The van der Waals surface area contributed by atoms with Crippen LogP contribution in [0, 0.1) is 5.82 Å². The number of aliphatic carboxylic acids is 1. The van der Waals surface area contributed by atoms with Crippen LogP contribution in [0.25, 0.3) is 0 Å². The first kappa shape index (κ1) is 29.1. The maximum atomic E-state index is 13.2. The molecule has 8 heteroatoms. The quantitative estimate of drug-likeness (QED) is 0.424. The Morgan fingerprint density at radius 2 is 1.79 bits per heavy atom. The number of ether oxygens (including phenoxy) is 1. The first-order valence-electron chi connectivity index (χ1n) is 11.6. The van der Waals surface area contributed by atoms with Crippen LogP contribution in [0.1, 0.15) is 67.6 Å². The summed E-state index contributed by atoms with van der Waals surface area (Å²) in [6, 6.07) is 10.3. The third kappa shape index (κ3) is 9.14. The van der Waals surface area contributed by atoms with Crippen LogP contribution in [-0.4, -0.2) is 35.0 Å². The van der Waals surface area contributed by atoms with Gasteiger partial charge in [-0.1, -0.05) is 36.6 Å². The molecule has 0 aromatic heterocycles. The van der Waals surface area contributed by atoms with Gasteiger partial charge in [0.2, 0.25) is 0 Å². The number of aliphatic hydroxyl groups is 2. The molecule has 0 unspecified atom stereocenters. The van der Waals surface area contributed by atoms with Crippen molar-refractivity contribution < 1.29 is 58.8 Å². The van der Waals surface area contributed by atoms with Gasteiger partial charge in [0.05, 0.1) is 12.2 Å². The van der Waals surface area contributed by atoms with E-state index >= 15 is 0 Å². The predicted molar refractivity (Wildman–Crippen MR) is 123 cm³/mol. The van der Waals surface area contributed by atoms with Crippen LogP contribution in [-0.2, 0) is 17.6 Å². The van der Waals surface area contributed by atoms with Crippen molar-refractivity contribution in [2.45, 2.75) is 75.9 Å². The molecule has 2 aromatic rings. The van der Waals surface area contributed by atoms with E-state index in [9.17, 15) is 24.5 Å². The molecule has 5 nitrogen and oxygen atoms in total. The number of benzene rings is 2. The van der Waals surface area contributed by atoms with E-state index in [2.05, 4.69) is 0 Å². The summed E-state index contributed by atoms with van der Waals surface area (Å²) in [5.41, 5.74) is 3.04. The summed E-state index contributed by atoms with van der Waals surface area (Å²) in [6.07, 6.45) is 3.86. The molecule has 1 fully saturated rings. The molecule has 180 valence electrons. The summed E-state index contributed by atoms with van der Waals surface area (Å²) in [4.78, 5) is 10.6. The second kappa shape index (κ2) is 14.4. The standard InChI is InChI=1S/C26H32ClFO5.Na/c27-20-12-19(7-3-4-17-8-10-21(28)11-9-17)26(24(13-20)18-5-1-2-6-18)33-16-23(30)14-22(29)15-25(31)32;/h8-13,18,22-23,29-30H,1-7,14-16H2,(H,31,32);/q;+1/p-1/t22-,23+;/m1./s1. The molecule has 1 saturated carbocycles. The van der Waals surface area contributed by atoms with Crippen LogP contribution in [0.3, 0.4) is 0 Å². The van der Waals surface area contributed by atoms with Gasteiger partial charge >= 0.3 is 29.6 Å². The summed E-state index contributed by atoms with van der Waals surface area (Å²) >= 11 is 6.45. The molecule has 2 N–H and O–H groups in total. The predicted octanol–water partition coefficient (Wildman–Crippen LogP) is 0.947. The smallest absolute Gasteiger partial charge is 0.550 e. The van der Waals surface area contributed by atoms with Crippen LogP contribution in [0.15, 0.2) is 36.4 Å². The summed E-state index contributed by atoms with van der Waals surface area (Å²) in [7, 11) is 0. The van der Waals surface area contributed by atoms with Gasteiger partial charge in [0, 0.05) is 23.8 Å². The Bertz CT molecular complexity index is 918. The van der Waals surface area contributed by atoms with E-state index in [1.54, 1.807) is 12.1 Å². The van der Waals surface area contributed by atoms with Gasteiger partial charge in [0.25, 0.3) is 0 Å². The zero-order valence-corrected chi connectivity index (χ0v) is 22.4. The number of aliphatic hydroxyl groups excluding tert-OH is 2. The zero-order valence-electron chi connectivity index (χ0n) is 19.6. The maximum absolute atomic E-state index is 13.2. The van der Waals surface area contributed by atoms with E-state index in [-0.39, 0.29) is 48.4 Å². The normalized spacial score (nSPS) is 15.5. The van der Waals surface area contributed by atoms with Crippen molar-refractivity contribution in [2.24, 2.45) is 0 Å². The molecule has 3 rings (SSSR count). The Labute approximate surface area is 227 Å². The summed E-state index contributed by atoms with van der Waals surface area (Å²) in [6.45, 7) is -0.0591. The number of aryl methyl sites for hydroxylation is 2. The van der Waals surface area contributed by atoms with Gasteiger partial charge in [0.1, 0.15) is 18.2 Å². The number of carboxylic acid groups (broad SMARTS) is 1. The average Bonchev–Trinajstić information content (AvgIpc) is 3.28. The Morgan fingerprint density at radius 1 is 1.12 bits per heavy atom. The molecule has 34 heavy (non-hydrogen) atoms. The molecule has 0 radical (unpaired) electrons. The van der Waals surface area contributed by atoms with Crippen LogP contribution >= 0.6 is 11.6 Å². The molecule has 0 saturated heterocycles. The molecule has 0 heterocycles. The van der Waals surface area contributed by atoms with Gasteiger partial charge in [-0.2, -0.15) is 0 Å². The van der Waals surface area contributed by atoms with Gasteiger partial charge < -0.3 is 24.9 Å². The van der Waals surface area contributed by atoms with Crippen molar-refractivity contribution in [3.63, 3.8) is 0 Å². The van der Waals surface area contributed by atoms with Crippen molar-refractivity contribution in [2.75, 3.05) is 6.61 Å². The summed E-state index contributed by atoms with van der Waals surface area (Å²) in [5, 5.41) is 31.3. The number of rotatable bonds is 12. The van der Waals surface area contributed by atoms with Gasteiger partial charge in [-0.05, 0) is 79.0 Å². The number of carbonyl (C=O) groups excluding carboxylic acids is 1. The van der Waals surface area contributed by atoms with Crippen molar-refractivity contribution in [3.05, 3.63) is 63.9 Å². The Hall–Kier alpha value is -1.15. The van der Waals surface area contributed by atoms with E-state index in [1.807, 2.05) is 12.1 Å². The van der Waals surface area contributed by atoms with E-state index in [0.29, 0.717) is 17.4 Å². The molecule has 1 aliphatic rings. The summed E-state index contributed by atoms with van der Waals surface area (Å²) in [5.74, 6) is -0.553. The molecule has 1 aliphatic carbocycles. The molecule has 0 spiro atoms. The topological polar surface area (TPSA) is 89.8 Å². The Balaban J connectivity index is 0.00000408. The van der Waals surface area contributed by atoms with E-state index < -0.39 is 24.6 Å². The number of carbonyl (C=O) groups is 1. The van der Waals surface area contributed by atoms with Crippen LogP contribution in [0.5, 0.6) is 5.75 Å². The number of hydrogen-bond donors (Lipinski definition) is 2. The fraction of sp³-hybridized carbons (Fsp3) is 0.500. The number of halogens is 2. The molecule has 0 amide bonds. The van der Waals surface area contributed by atoms with Crippen molar-refractivity contribution in [1.29, 1.82) is 0 Å². The Morgan fingerprint density at radius 3 is 2.44 bits per heavy atom. The minimum Gasteiger partial charge on any atom is -0.550 e. The van der Waals surface area contributed by atoms with Crippen LogP contribution in [0.2, 0.25) is 5.02 Å². The minimum absolute atomic E-state index is 0. The molecule has 2 aromatic carbocycles. The number of hydrogen-bond acceptors (Lipinski definition) is 5. The largest absolute Gasteiger partial charge is 1.00 e. The molecule has 0 aliphatic heterocycles. The maximum Gasteiger partial charge on any atom is 1.00 e. The minimum atomic E-state index is -1.36. The second-order valence-corrected chi connectivity index (χ2v) is 9.31. The molecule has 0 bridgehead atoms. The van der Waals surface area contributed by atoms with Crippen molar-refractivity contribution in [1.82, 2.24) is 0 Å². The molecule has 2 atom stereocenters.